The van der Waals surface area contributed by atoms with Gasteiger partial charge in [-0.1, -0.05) is 30.3 Å². The van der Waals surface area contributed by atoms with Gasteiger partial charge in [-0.2, -0.15) is 0 Å². The van der Waals surface area contributed by atoms with Crippen molar-refractivity contribution in [2.45, 2.75) is 38.8 Å². The van der Waals surface area contributed by atoms with Gasteiger partial charge in [0.2, 0.25) is 5.78 Å². The SMILES string of the molecule is O=C(C[n+]1cc(-c2ccc(F)cc2)n2c1CCCCC2)c1ccccc1.[Br-]. The number of halogens is 2. The molecule has 140 valence electrons. The predicted molar refractivity (Wildman–Crippen MR) is 98.3 cm³/mol. The molecule has 4 rings (SSSR count). The van der Waals surface area contributed by atoms with Crippen molar-refractivity contribution in [2.24, 2.45) is 0 Å². The Labute approximate surface area is 169 Å². The van der Waals surface area contributed by atoms with E-state index in [2.05, 4.69) is 15.3 Å². The van der Waals surface area contributed by atoms with E-state index in [-0.39, 0.29) is 28.6 Å². The minimum absolute atomic E-state index is 0. The highest BCUT2D eigenvalue weighted by molar-refractivity contribution is 5.95. The summed E-state index contributed by atoms with van der Waals surface area (Å²) in [5.74, 6) is 1.06. The summed E-state index contributed by atoms with van der Waals surface area (Å²) in [7, 11) is 0. The Morgan fingerprint density at radius 3 is 2.48 bits per heavy atom. The highest BCUT2D eigenvalue weighted by atomic mass is 79.9. The molecule has 0 N–H and O–H groups in total. The van der Waals surface area contributed by atoms with Crippen LogP contribution >= 0.6 is 0 Å². The molecule has 27 heavy (non-hydrogen) atoms. The van der Waals surface area contributed by atoms with Crippen LogP contribution < -0.4 is 21.5 Å². The first-order valence-corrected chi connectivity index (χ1v) is 9.18. The number of hydrogen-bond donors (Lipinski definition) is 0. The lowest BCUT2D eigenvalue weighted by molar-refractivity contribution is -0.690. The Hall–Kier alpha value is -2.27. The lowest BCUT2D eigenvalue weighted by Gasteiger charge is -2.03. The minimum Gasteiger partial charge on any atom is -1.00 e. The zero-order valence-electron chi connectivity index (χ0n) is 15.1. The highest BCUT2D eigenvalue weighted by Gasteiger charge is 2.27. The zero-order chi connectivity index (χ0) is 17.9. The second-order valence-electron chi connectivity index (χ2n) is 6.82. The molecule has 2 heterocycles. The molecule has 0 saturated heterocycles. The van der Waals surface area contributed by atoms with E-state index >= 15 is 0 Å². The molecule has 0 saturated carbocycles. The Morgan fingerprint density at radius 1 is 1.00 bits per heavy atom. The van der Waals surface area contributed by atoms with Crippen molar-refractivity contribution in [3.05, 3.63) is 78.0 Å². The van der Waals surface area contributed by atoms with Crippen molar-refractivity contribution in [1.82, 2.24) is 4.57 Å². The van der Waals surface area contributed by atoms with Gasteiger partial charge in [-0.15, -0.1) is 0 Å². The van der Waals surface area contributed by atoms with Crippen molar-refractivity contribution >= 4 is 5.78 Å². The van der Waals surface area contributed by atoms with Crippen LogP contribution in [0.5, 0.6) is 0 Å². The molecular formula is C22H22BrFN2O. The number of ketones is 1. The molecule has 3 nitrogen and oxygen atoms in total. The molecule has 0 fully saturated rings. The van der Waals surface area contributed by atoms with E-state index < -0.39 is 0 Å². The summed E-state index contributed by atoms with van der Waals surface area (Å²) in [4.78, 5) is 12.7. The van der Waals surface area contributed by atoms with Gasteiger partial charge >= 0.3 is 0 Å². The molecule has 1 aromatic heterocycles. The predicted octanol–water partition coefficient (Wildman–Crippen LogP) is 1.19. The number of carbonyl (C=O) groups is 1. The standard InChI is InChI=1S/C22H22FN2O.BrH/c23-19-12-10-17(11-13-19)20-15-24(22-9-5-2-6-14-25(20)22)16-21(26)18-7-3-1-4-8-18;/h1,3-4,7-8,10-13,15H,2,5-6,9,14,16H2;1H/q+1;/p-1. The third-order valence-corrected chi connectivity index (χ3v) is 5.04. The lowest BCUT2D eigenvalue weighted by Crippen LogP contribution is -3.00. The van der Waals surface area contributed by atoms with E-state index in [1.807, 2.05) is 42.5 Å². The van der Waals surface area contributed by atoms with Gasteiger partial charge in [0, 0.05) is 17.5 Å². The van der Waals surface area contributed by atoms with Crippen LogP contribution in [0.4, 0.5) is 4.39 Å². The molecule has 2 aromatic carbocycles. The average molecular weight is 429 g/mol. The topological polar surface area (TPSA) is 25.9 Å². The fourth-order valence-electron chi connectivity index (χ4n) is 3.70. The van der Waals surface area contributed by atoms with Gasteiger partial charge in [0.1, 0.15) is 12.0 Å². The van der Waals surface area contributed by atoms with E-state index in [0.29, 0.717) is 6.54 Å². The van der Waals surface area contributed by atoms with Crippen LogP contribution in [0, 0.1) is 5.82 Å². The number of carbonyl (C=O) groups excluding carboxylic acids is 1. The zero-order valence-corrected chi connectivity index (χ0v) is 16.7. The average Bonchev–Trinajstić information content (AvgIpc) is 2.84. The fourth-order valence-corrected chi connectivity index (χ4v) is 3.70. The van der Waals surface area contributed by atoms with E-state index in [1.165, 1.54) is 24.4 Å². The summed E-state index contributed by atoms with van der Waals surface area (Å²) in [5, 5.41) is 0. The van der Waals surface area contributed by atoms with Gasteiger partial charge in [-0.3, -0.25) is 4.79 Å². The van der Waals surface area contributed by atoms with Gasteiger partial charge in [0.15, 0.2) is 12.2 Å². The van der Waals surface area contributed by atoms with E-state index in [0.717, 1.165) is 42.6 Å². The molecule has 0 amide bonds. The maximum Gasteiger partial charge on any atom is 0.257 e. The van der Waals surface area contributed by atoms with Crippen molar-refractivity contribution in [2.75, 3.05) is 0 Å². The first-order valence-electron chi connectivity index (χ1n) is 9.18. The van der Waals surface area contributed by atoms with Crippen LogP contribution in [0.15, 0.2) is 60.8 Å². The lowest BCUT2D eigenvalue weighted by atomic mass is 10.1. The van der Waals surface area contributed by atoms with Crippen molar-refractivity contribution in [3.63, 3.8) is 0 Å². The first-order chi connectivity index (χ1) is 12.7. The number of fused-ring (bicyclic) bond motifs is 1. The van der Waals surface area contributed by atoms with Crippen LogP contribution in [-0.2, 0) is 19.5 Å². The molecule has 0 atom stereocenters. The molecule has 0 aliphatic carbocycles. The Morgan fingerprint density at radius 2 is 1.74 bits per heavy atom. The van der Waals surface area contributed by atoms with E-state index in [9.17, 15) is 9.18 Å². The quantitative estimate of drug-likeness (QED) is 0.452. The van der Waals surface area contributed by atoms with Crippen molar-refractivity contribution < 1.29 is 30.7 Å². The Bertz CT molecular complexity index is 919. The Kier molecular flexibility index (Phi) is 6.22. The highest BCUT2D eigenvalue weighted by Crippen LogP contribution is 2.24. The molecule has 0 radical (unpaired) electrons. The van der Waals surface area contributed by atoms with Crippen LogP contribution in [-0.4, -0.2) is 10.4 Å². The van der Waals surface area contributed by atoms with Gasteiger partial charge in [0.05, 0.1) is 6.54 Å². The molecule has 0 bridgehead atoms. The summed E-state index contributed by atoms with van der Waals surface area (Å²) in [5.41, 5.74) is 2.78. The number of aromatic nitrogens is 2. The molecule has 0 unspecified atom stereocenters. The van der Waals surface area contributed by atoms with E-state index in [1.54, 1.807) is 0 Å². The van der Waals surface area contributed by atoms with Gasteiger partial charge in [0.25, 0.3) is 5.82 Å². The number of benzene rings is 2. The van der Waals surface area contributed by atoms with Crippen molar-refractivity contribution in [3.8, 4) is 11.3 Å². The number of nitrogens with zero attached hydrogens (tertiary/aromatic N) is 2. The number of hydrogen-bond acceptors (Lipinski definition) is 1. The second-order valence-corrected chi connectivity index (χ2v) is 6.82. The molecule has 0 spiro atoms. The Balaban J connectivity index is 0.00000210. The fraction of sp³-hybridized carbons (Fsp3) is 0.273. The first kappa shape index (κ1) is 19.5. The van der Waals surface area contributed by atoms with Crippen LogP contribution in [0.2, 0.25) is 0 Å². The summed E-state index contributed by atoms with van der Waals surface area (Å²) >= 11 is 0. The normalized spacial score (nSPS) is 13.4. The third kappa shape index (κ3) is 4.19. The van der Waals surface area contributed by atoms with Gasteiger partial charge in [-0.05, 0) is 43.5 Å². The molecular weight excluding hydrogens is 407 g/mol. The summed E-state index contributed by atoms with van der Waals surface area (Å²) in [6.07, 6.45) is 6.46. The van der Waals surface area contributed by atoms with Crippen LogP contribution in [0.1, 0.15) is 35.4 Å². The monoisotopic (exact) mass is 428 g/mol. The van der Waals surface area contributed by atoms with Gasteiger partial charge in [-0.25, -0.2) is 13.5 Å². The maximum atomic E-state index is 13.3. The molecule has 3 aromatic rings. The van der Waals surface area contributed by atoms with Crippen molar-refractivity contribution in [1.29, 1.82) is 0 Å². The third-order valence-electron chi connectivity index (χ3n) is 5.04. The van der Waals surface area contributed by atoms with Crippen LogP contribution in [0.3, 0.4) is 0 Å². The number of Topliss-reactive ketones (excluding diaryl/α,β-unsaturated/α-hetero) is 1. The molecule has 1 aliphatic heterocycles. The summed E-state index contributed by atoms with van der Waals surface area (Å²) in [6, 6.07) is 16.0. The van der Waals surface area contributed by atoms with Crippen LogP contribution in [0.25, 0.3) is 11.3 Å². The summed E-state index contributed by atoms with van der Waals surface area (Å²) < 4.78 is 17.7. The molecule has 5 heteroatoms. The largest absolute Gasteiger partial charge is 1.00 e. The second kappa shape index (κ2) is 8.61. The van der Waals surface area contributed by atoms with Gasteiger partial charge < -0.3 is 17.0 Å². The smallest absolute Gasteiger partial charge is 0.257 e. The van der Waals surface area contributed by atoms with E-state index in [4.69, 9.17) is 0 Å². The molecule has 1 aliphatic rings. The number of imidazole rings is 1. The number of rotatable bonds is 4. The summed E-state index contributed by atoms with van der Waals surface area (Å²) in [6.45, 7) is 1.27. The maximum absolute atomic E-state index is 13.3. The minimum atomic E-state index is -0.233.